The lowest BCUT2D eigenvalue weighted by Gasteiger charge is -2.18. The van der Waals surface area contributed by atoms with E-state index in [1.165, 1.54) is 77.0 Å². The first kappa shape index (κ1) is 40.4. The van der Waals surface area contributed by atoms with Crippen molar-refractivity contribution in [2.75, 3.05) is 13.2 Å². The van der Waals surface area contributed by atoms with Crippen LogP contribution in [-0.2, 0) is 28.6 Å². The maximum atomic E-state index is 12.4. The van der Waals surface area contributed by atoms with Crippen molar-refractivity contribution in [1.29, 1.82) is 0 Å². The molecule has 0 N–H and O–H groups in total. The summed E-state index contributed by atoms with van der Waals surface area (Å²) in [7, 11) is 0. The van der Waals surface area contributed by atoms with E-state index in [1.807, 2.05) is 0 Å². The summed E-state index contributed by atoms with van der Waals surface area (Å²) in [5, 5.41) is 0. The van der Waals surface area contributed by atoms with Crippen LogP contribution in [0.5, 0.6) is 0 Å². The van der Waals surface area contributed by atoms with Crippen molar-refractivity contribution in [2.45, 2.75) is 194 Å². The molecule has 0 bridgehead atoms. The number of carbonyl (C=O) groups is 3. The van der Waals surface area contributed by atoms with Crippen molar-refractivity contribution in [1.82, 2.24) is 0 Å². The smallest absolute Gasteiger partial charge is 0.306 e. The van der Waals surface area contributed by atoms with Crippen LogP contribution in [0.4, 0.5) is 0 Å². The second-order valence-electron chi connectivity index (χ2n) is 12.6. The Bertz CT molecular complexity index is 632. The molecule has 0 saturated carbocycles. The van der Waals surface area contributed by atoms with Crippen LogP contribution in [0.1, 0.15) is 188 Å². The number of esters is 3. The maximum Gasteiger partial charge on any atom is 0.306 e. The van der Waals surface area contributed by atoms with Gasteiger partial charge in [0.15, 0.2) is 6.10 Å². The Morgan fingerprint density at radius 1 is 0.452 bits per heavy atom. The Labute approximate surface area is 259 Å². The van der Waals surface area contributed by atoms with E-state index in [1.54, 1.807) is 0 Å². The summed E-state index contributed by atoms with van der Waals surface area (Å²) >= 11 is 0. The van der Waals surface area contributed by atoms with Gasteiger partial charge in [-0.05, 0) is 25.2 Å². The first-order valence-electron chi connectivity index (χ1n) is 17.9. The van der Waals surface area contributed by atoms with E-state index in [4.69, 9.17) is 14.2 Å². The first-order chi connectivity index (χ1) is 20.4. The predicted molar refractivity (Wildman–Crippen MR) is 173 cm³/mol. The molecule has 42 heavy (non-hydrogen) atoms. The lowest BCUT2D eigenvalue weighted by Crippen LogP contribution is -2.30. The number of hydrogen-bond donors (Lipinski definition) is 0. The van der Waals surface area contributed by atoms with E-state index in [2.05, 4.69) is 27.7 Å². The van der Waals surface area contributed by atoms with E-state index in [-0.39, 0.29) is 31.1 Å². The lowest BCUT2D eigenvalue weighted by molar-refractivity contribution is -0.167. The van der Waals surface area contributed by atoms with Gasteiger partial charge in [0, 0.05) is 19.3 Å². The average molecular weight is 597 g/mol. The van der Waals surface area contributed by atoms with Crippen LogP contribution >= 0.6 is 0 Å². The maximum absolute atomic E-state index is 12.4. The van der Waals surface area contributed by atoms with Crippen molar-refractivity contribution in [3.8, 4) is 0 Å². The second-order valence-corrected chi connectivity index (χ2v) is 12.6. The zero-order valence-corrected chi connectivity index (χ0v) is 28.2. The van der Waals surface area contributed by atoms with Crippen LogP contribution in [-0.4, -0.2) is 37.2 Å². The van der Waals surface area contributed by atoms with Crippen molar-refractivity contribution in [2.24, 2.45) is 5.92 Å². The number of unbranched alkanes of at least 4 members (excludes halogenated alkanes) is 18. The molecule has 0 aliphatic carbocycles. The minimum Gasteiger partial charge on any atom is -0.462 e. The number of carbonyl (C=O) groups excluding carboxylic acids is 3. The van der Waals surface area contributed by atoms with E-state index in [9.17, 15) is 14.4 Å². The van der Waals surface area contributed by atoms with Gasteiger partial charge in [0.25, 0.3) is 0 Å². The van der Waals surface area contributed by atoms with Crippen molar-refractivity contribution >= 4 is 17.9 Å². The summed E-state index contributed by atoms with van der Waals surface area (Å²) in [6.45, 7) is 8.80. The molecule has 0 radical (unpaired) electrons. The highest BCUT2D eigenvalue weighted by Gasteiger charge is 2.19. The summed E-state index contributed by atoms with van der Waals surface area (Å²) in [5.41, 5.74) is 0. The van der Waals surface area contributed by atoms with Gasteiger partial charge in [-0.3, -0.25) is 14.4 Å². The fourth-order valence-corrected chi connectivity index (χ4v) is 5.04. The van der Waals surface area contributed by atoms with Crippen LogP contribution < -0.4 is 0 Å². The van der Waals surface area contributed by atoms with Gasteiger partial charge in [0.1, 0.15) is 13.2 Å². The molecule has 0 spiro atoms. The Hall–Kier alpha value is -1.59. The third-order valence-corrected chi connectivity index (χ3v) is 7.79. The van der Waals surface area contributed by atoms with Crippen LogP contribution in [0, 0.1) is 5.92 Å². The Morgan fingerprint density at radius 2 is 0.786 bits per heavy atom. The topological polar surface area (TPSA) is 78.9 Å². The lowest BCUT2D eigenvalue weighted by atomic mass is 10.0. The molecule has 0 aliphatic rings. The van der Waals surface area contributed by atoms with Gasteiger partial charge < -0.3 is 14.2 Å². The van der Waals surface area contributed by atoms with Crippen LogP contribution in [0.15, 0.2) is 0 Å². The molecule has 0 aromatic heterocycles. The predicted octanol–water partition coefficient (Wildman–Crippen LogP) is 10.4. The fourth-order valence-electron chi connectivity index (χ4n) is 5.04. The minimum atomic E-state index is -0.754. The molecular formula is C36H68O6. The molecule has 0 unspecified atom stereocenters. The number of hydrogen-bond acceptors (Lipinski definition) is 6. The molecule has 0 fully saturated rings. The van der Waals surface area contributed by atoms with Gasteiger partial charge in [-0.2, -0.15) is 0 Å². The van der Waals surface area contributed by atoms with Gasteiger partial charge in [-0.15, -0.1) is 0 Å². The first-order valence-corrected chi connectivity index (χ1v) is 17.9. The van der Waals surface area contributed by atoms with Gasteiger partial charge in [-0.25, -0.2) is 0 Å². The van der Waals surface area contributed by atoms with Crippen molar-refractivity contribution < 1.29 is 28.6 Å². The molecule has 6 nitrogen and oxygen atoms in total. The summed E-state index contributed by atoms with van der Waals surface area (Å²) in [6, 6.07) is 0. The van der Waals surface area contributed by atoms with E-state index >= 15 is 0 Å². The van der Waals surface area contributed by atoms with E-state index in [0.717, 1.165) is 70.1 Å². The van der Waals surface area contributed by atoms with Gasteiger partial charge in [0.05, 0.1) is 0 Å². The molecule has 0 amide bonds. The van der Waals surface area contributed by atoms with Crippen molar-refractivity contribution in [3.05, 3.63) is 0 Å². The summed E-state index contributed by atoms with van der Waals surface area (Å²) in [5.74, 6) is -0.0819. The van der Waals surface area contributed by atoms with Gasteiger partial charge >= 0.3 is 17.9 Å². The molecule has 0 rings (SSSR count). The molecular weight excluding hydrogens is 528 g/mol. The van der Waals surface area contributed by atoms with Crippen LogP contribution in [0.25, 0.3) is 0 Å². The zero-order valence-electron chi connectivity index (χ0n) is 28.2. The summed E-state index contributed by atoms with van der Waals surface area (Å²) in [6.07, 6.45) is 25.6. The zero-order chi connectivity index (χ0) is 31.1. The minimum absolute atomic E-state index is 0.0675. The van der Waals surface area contributed by atoms with E-state index < -0.39 is 6.10 Å². The van der Waals surface area contributed by atoms with E-state index in [0.29, 0.717) is 19.3 Å². The molecule has 0 saturated heterocycles. The third-order valence-electron chi connectivity index (χ3n) is 7.79. The normalized spacial score (nSPS) is 11.9. The Balaban J connectivity index is 4.24. The summed E-state index contributed by atoms with van der Waals surface area (Å²) in [4.78, 5) is 37.0. The monoisotopic (exact) mass is 597 g/mol. The highest BCUT2D eigenvalue weighted by molar-refractivity contribution is 5.71. The quantitative estimate of drug-likeness (QED) is 0.0450. The second kappa shape index (κ2) is 30.9. The molecule has 0 heterocycles. The molecule has 0 aromatic carbocycles. The van der Waals surface area contributed by atoms with Gasteiger partial charge in [-0.1, -0.05) is 150 Å². The average Bonchev–Trinajstić information content (AvgIpc) is 2.96. The molecule has 6 heteroatoms. The largest absolute Gasteiger partial charge is 0.462 e. The Kier molecular flexibility index (Phi) is 29.7. The number of ether oxygens (including phenoxy) is 3. The summed E-state index contributed by atoms with van der Waals surface area (Å²) < 4.78 is 16.4. The Morgan fingerprint density at radius 3 is 1.17 bits per heavy atom. The molecule has 248 valence electrons. The SMILES string of the molecule is CCCCCCCCCC(=O)OC[C@@H](COC(=O)CCCCCCCCCCCC(C)C)OC(=O)CCCCCCC. The van der Waals surface area contributed by atoms with Gasteiger partial charge in [0.2, 0.25) is 0 Å². The van der Waals surface area contributed by atoms with Crippen molar-refractivity contribution in [3.63, 3.8) is 0 Å². The van der Waals surface area contributed by atoms with Crippen LogP contribution in [0.2, 0.25) is 0 Å². The molecule has 0 aromatic rings. The highest BCUT2D eigenvalue weighted by Crippen LogP contribution is 2.14. The standard InChI is InChI=1S/C36H68O6/c1-5-7-9-11-15-20-23-27-34(37)40-30-33(42-36(39)29-25-18-10-8-6-2)31-41-35(38)28-24-21-17-14-12-13-16-19-22-26-32(3)4/h32-33H,5-31H2,1-4H3/t33-/m0/s1. The molecule has 1 atom stereocenters. The fraction of sp³-hybridized carbons (Fsp3) is 0.917. The highest BCUT2D eigenvalue weighted by atomic mass is 16.6. The number of rotatable bonds is 31. The third kappa shape index (κ3) is 29.9. The van der Waals surface area contributed by atoms with Crippen LogP contribution in [0.3, 0.4) is 0 Å². The molecule has 0 aliphatic heterocycles.